The predicted molar refractivity (Wildman–Crippen MR) is 69.2 cm³/mol. The van der Waals surface area contributed by atoms with Crippen LogP contribution in [0.5, 0.6) is 0 Å². The van der Waals surface area contributed by atoms with Crippen molar-refractivity contribution in [2.24, 2.45) is 5.73 Å². The molecule has 0 heterocycles. The third kappa shape index (κ3) is 4.97. The van der Waals surface area contributed by atoms with E-state index in [1.807, 2.05) is 0 Å². The Bertz CT molecular complexity index is 489. The fourth-order valence-electron chi connectivity index (χ4n) is 1.31. The van der Waals surface area contributed by atoms with E-state index in [9.17, 15) is 22.4 Å². The summed E-state index contributed by atoms with van der Waals surface area (Å²) in [7, 11) is 0. The number of alkyl halides is 3. The summed E-state index contributed by atoms with van der Waals surface area (Å²) in [5.41, 5.74) is 3.00. The molecule has 8 heteroatoms. The minimum atomic E-state index is -4.71. The zero-order valence-corrected chi connectivity index (χ0v) is 11.7. The molecule has 3 nitrogen and oxygen atoms in total. The highest BCUT2D eigenvalue weighted by molar-refractivity contribution is 5.94. The summed E-state index contributed by atoms with van der Waals surface area (Å²) < 4.78 is 50.6. The maximum atomic E-state index is 13.1. The summed E-state index contributed by atoms with van der Waals surface area (Å²) >= 11 is 0. The zero-order valence-electron chi connectivity index (χ0n) is 10.8. The first-order valence-corrected chi connectivity index (χ1v) is 5.45. The fourth-order valence-corrected chi connectivity index (χ4v) is 1.31. The lowest BCUT2D eigenvalue weighted by Gasteiger charge is -2.24. The molecule has 3 N–H and O–H groups in total. The lowest BCUT2D eigenvalue weighted by Crippen LogP contribution is -2.48. The van der Waals surface area contributed by atoms with Crippen molar-refractivity contribution in [1.29, 1.82) is 0 Å². The first-order chi connectivity index (χ1) is 8.55. The summed E-state index contributed by atoms with van der Waals surface area (Å²) in [6.45, 7) is 3.31. The second-order valence-electron chi connectivity index (χ2n) is 4.77. The minimum Gasteiger partial charge on any atom is -0.346 e. The van der Waals surface area contributed by atoms with E-state index in [0.29, 0.717) is 12.1 Å². The van der Waals surface area contributed by atoms with Gasteiger partial charge in [0, 0.05) is 17.6 Å². The Labute approximate surface area is 119 Å². The van der Waals surface area contributed by atoms with Crippen molar-refractivity contribution in [2.75, 3.05) is 6.54 Å². The van der Waals surface area contributed by atoms with Gasteiger partial charge in [-0.2, -0.15) is 13.2 Å². The minimum absolute atomic E-state index is 0. The number of nitrogens with one attached hydrogen (secondary N) is 1. The van der Waals surface area contributed by atoms with Crippen LogP contribution < -0.4 is 11.1 Å². The second kappa shape index (κ2) is 6.41. The van der Waals surface area contributed by atoms with Crippen LogP contribution in [0.25, 0.3) is 0 Å². The molecule has 0 spiro atoms. The quantitative estimate of drug-likeness (QED) is 0.843. The summed E-state index contributed by atoms with van der Waals surface area (Å²) in [5, 5.41) is 2.43. The van der Waals surface area contributed by atoms with E-state index in [1.165, 1.54) is 0 Å². The average Bonchev–Trinajstić information content (AvgIpc) is 2.26. The van der Waals surface area contributed by atoms with Crippen molar-refractivity contribution in [1.82, 2.24) is 5.32 Å². The number of carbonyl (C=O) groups is 1. The highest BCUT2D eigenvalue weighted by Crippen LogP contribution is 2.30. The molecule has 114 valence electrons. The molecule has 0 aromatic heterocycles. The molecule has 0 radical (unpaired) electrons. The lowest BCUT2D eigenvalue weighted by molar-refractivity contribution is -0.137. The highest BCUT2D eigenvalue weighted by Gasteiger charge is 2.32. The van der Waals surface area contributed by atoms with Crippen molar-refractivity contribution >= 4 is 18.3 Å². The second-order valence-corrected chi connectivity index (χ2v) is 4.77. The van der Waals surface area contributed by atoms with E-state index in [0.717, 1.165) is 6.07 Å². The summed E-state index contributed by atoms with van der Waals surface area (Å²) in [5.74, 6) is -1.93. The maximum Gasteiger partial charge on any atom is 0.416 e. The van der Waals surface area contributed by atoms with Gasteiger partial charge in [-0.15, -0.1) is 12.4 Å². The van der Waals surface area contributed by atoms with Gasteiger partial charge in [0.15, 0.2) is 0 Å². The van der Waals surface area contributed by atoms with Crippen LogP contribution >= 0.6 is 12.4 Å². The molecule has 0 unspecified atom stereocenters. The fraction of sp³-hybridized carbons (Fsp3) is 0.417. The Morgan fingerprint density at radius 1 is 1.25 bits per heavy atom. The molecule has 0 bridgehead atoms. The Kier molecular flexibility index (Phi) is 5.98. The van der Waals surface area contributed by atoms with Crippen LogP contribution in [0.2, 0.25) is 0 Å². The van der Waals surface area contributed by atoms with E-state index in [1.54, 1.807) is 13.8 Å². The van der Waals surface area contributed by atoms with Gasteiger partial charge >= 0.3 is 6.18 Å². The molecule has 20 heavy (non-hydrogen) atoms. The van der Waals surface area contributed by atoms with Crippen molar-refractivity contribution in [3.63, 3.8) is 0 Å². The first-order valence-electron chi connectivity index (χ1n) is 5.45. The number of hydrogen-bond donors (Lipinski definition) is 2. The van der Waals surface area contributed by atoms with E-state index in [4.69, 9.17) is 5.73 Å². The van der Waals surface area contributed by atoms with Crippen molar-refractivity contribution in [3.8, 4) is 0 Å². The van der Waals surface area contributed by atoms with Crippen LogP contribution in [-0.2, 0) is 6.18 Å². The Balaban J connectivity index is 0.00000361. The average molecular weight is 315 g/mol. The number of rotatable bonds is 3. The highest BCUT2D eigenvalue weighted by atomic mass is 35.5. The molecule has 1 aromatic carbocycles. The van der Waals surface area contributed by atoms with Gasteiger partial charge in [-0.25, -0.2) is 4.39 Å². The topological polar surface area (TPSA) is 55.1 Å². The molecule has 1 amide bonds. The van der Waals surface area contributed by atoms with Crippen LogP contribution in [0.15, 0.2) is 18.2 Å². The molecule has 0 fully saturated rings. The molecule has 0 aliphatic heterocycles. The lowest BCUT2D eigenvalue weighted by atomic mass is 10.0. The first kappa shape index (κ1) is 18.7. The number of halogens is 5. The van der Waals surface area contributed by atoms with Crippen LogP contribution in [0.1, 0.15) is 29.8 Å². The molecule has 1 rings (SSSR count). The van der Waals surface area contributed by atoms with Crippen LogP contribution in [0.3, 0.4) is 0 Å². The van der Waals surface area contributed by atoms with Gasteiger partial charge in [-0.1, -0.05) is 0 Å². The standard InChI is InChI=1S/C12H14F4N2O.ClH/c1-11(2,6-17)18-10(19)7-3-8(12(14,15)16)5-9(13)4-7;/h3-5H,6,17H2,1-2H3,(H,18,19);1H. The predicted octanol–water partition coefficient (Wildman–Crippen LogP) is 2.73. The zero-order chi connectivity index (χ0) is 14.8. The van der Waals surface area contributed by atoms with Crippen molar-refractivity contribution in [3.05, 3.63) is 35.1 Å². The van der Waals surface area contributed by atoms with Gasteiger partial charge in [0.2, 0.25) is 0 Å². The summed E-state index contributed by atoms with van der Waals surface area (Å²) in [4.78, 5) is 11.7. The van der Waals surface area contributed by atoms with Crippen LogP contribution in [-0.4, -0.2) is 18.0 Å². The third-order valence-corrected chi connectivity index (χ3v) is 2.45. The Morgan fingerprint density at radius 2 is 1.80 bits per heavy atom. The molecule has 0 aliphatic carbocycles. The van der Waals surface area contributed by atoms with Gasteiger partial charge in [0.05, 0.1) is 5.56 Å². The molecular formula is C12H15ClF4N2O. The largest absolute Gasteiger partial charge is 0.416 e. The normalized spacial score (nSPS) is 11.8. The van der Waals surface area contributed by atoms with Gasteiger partial charge in [0.1, 0.15) is 5.82 Å². The number of carbonyl (C=O) groups excluding carboxylic acids is 1. The van der Waals surface area contributed by atoms with E-state index >= 15 is 0 Å². The monoisotopic (exact) mass is 314 g/mol. The molecule has 0 atom stereocenters. The molecule has 0 saturated heterocycles. The number of amides is 1. The van der Waals surface area contributed by atoms with E-state index in [-0.39, 0.29) is 19.0 Å². The molecule has 0 aliphatic rings. The Morgan fingerprint density at radius 3 is 2.25 bits per heavy atom. The van der Waals surface area contributed by atoms with Crippen LogP contribution in [0, 0.1) is 5.82 Å². The number of nitrogens with two attached hydrogens (primary N) is 1. The Hall–Kier alpha value is -1.34. The van der Waals surface area contributed by atoms with Gasteiger partial charge in [0.25, 0.3) is 5.91 Å². The molecular weight excluding hydrogens is 300 g/mol. The van der Waals surface area contributed by atoms with E-state index in [2.05, 4.69) is 5.32 Å². The number of hydrogen-bond acceptors (Lipinski definition) is 2. The molecule has 0 saturated carbocycles. The molecule has 1 aromatic rings. The SMILES string of the molecule is CC(C)(CN)NC(=O)c1cc(F)cc(C(F)(F)F)c1.Cl. The van der Waals surface area contributed by atoms with Gasteiger partial charge in [-0.05, 0) is 32.0 Å². The third-order valence-electron chi connectivity index (χ3n) is 2.45. The summed E-state index contributed by atoms with van der Waals surface area (Å²) in [6, 6.07) is 1.69. The van der Waals surface area contributed by atoms with Gasteiger partial charge < -0.3 is 11.1 Å². The summed E-state index contributed by atoms with van der Waals surface area (Å²) in [6.07, 6.45) is -4.71. The van der Waals surface area contributed by atoms with Crippen LogP contribution in [0.4, 0.5) is 17.6 Å². The smallest absolute Gasteiger partial charge is 0.346 e. The number of benzene rings is 1. The van der Waals surface area contributed by atoms with E-state index < -0.39 is 34.6 Å². The van der Waals surface area contributed by atoms with Crippen molar-refractivity contribution in [2.45, 2.75) is 25.6 Å². The van der Waals surface area contributed by atoms with Gasteiger partial charge in [-0.3, -0.25) is 4.79 Å². The van der Waals surface area contributed by atoms with Crippen molar-refractivity contribution < 1.29 is 22.4 Å². The maximum absolute atomic E-state index is 13.1.